The fourth-order valence-electron chi connectivity index (χ4n) is 4.49. The third kappa shape index (κ3) is 5.04. The van der Waals surface area contributed by atoms with E-state index in [-0.39, 0.29) is 11.3 Å². The number of nitro benzene ring substituents is 1. The molecule has 10 nitrogen and oxygen atoms in total. The zero-order chi connectivity index (χ0) is 24.2. The van der Waals surface area contributed by atoms with Crippen molar-refractivity contribution in [3.63, 3.8) is 0 Å². The van der Waals surface area contributed by atoms with Crippen molar-refractivity contribution in [1.82, 2.24) is 0 Å². The molecule has 3 N–H and O–H groups in total. The van der Waals surface area contributed by atoms with E-state index in [4.69, 9.17) is 10.5 Å². The lowest BCUT2D eigenvalue weighted by Crippen LogP contribution is -2.30. The molecule has 1 fully saturated rings. The van der Waals surface area contributed by atoms with E-state index in [1.807, 2.05) is 4.90 Å². The molecule has 2 aliphatic rings. The number of hydrogen-bond acceptors (Lipinski definition) is 8. The highest BCUT2D eigenvalue weighted by Crippen LogP contribution is 2.38. The highest BCUT2D eigenvalue weighted by molar-refractivity contribution is 7.17. The maximum Gasteiger partial charge on any atom is 0.338 e. The van der Waals surface area contributed by atoms with Crippen LogP contribution in [0.25, 0.3) is 0 Å². The first-order valence-corrected chi connectivity index (χ1v) is 12.1. The molecular weight excluding hydrogens is 460 g/mol. The van der Waals surface area contributed by atoms with Gasteiger partial charge in [-0.15, -0.1) is 11.3 Å². The Morgan fingerprint density at radius 3 is 2.56 bits per heavy atom. The second-order valence-electron chi connectivity index (χ2n) is 8.41. The molecule has 2 aromatic rings. The minimum atomic E-state index is -0.843. The third-order valence-corrected chi connectivity index (χ3v) is 7.32. The lowest BCUT2D eigenvalue weighted by atomic mass is 9.95. The highest BCUT2D eigenvalue weighted by atomic mass is 32.1. The SMILES string of the molecule is NC(=O)c1c(NC(=O)COC(=O)c2ccc(N3CCCCC3)c([N+](=O)[O-])c2)sc2c1CCCC2. The molecule has 0 saturated carbocycles. The van der Waals surface area contributed by atoms with Gasteiger partial charge in [-0.25, -0.2) is 4.79 Å². The van der Waals surface area contributed by atoms with E-state index >= 15 is 0 Å². The second kappa shape index (κ2) is 10.2. The number of rotatable bonds is 7. The monoisotopic (exact) mass is 486 g/mol. The number of nitro groups is 1. The molecule has 0 spiro atoms. The standard InChI is InChI=1S/C23H26N4O6S/c24-21(29)20-15-6-2-3-7-18(15)34-22(20)25-19(28)13-33-23(30)14-8-9-16(17(12-14)27(31)32)26-10-4-1-5-11-26/h8-9,12H,1-7,10-11,13H2,(H2,24,29)(H,25,28). The number of ether oxygens (including phenoxy) is 1. The van der Waals surface area contributed by atoms with Gasteiger partial charge in [-0.2, -0.15) is 0 Å². The summed E-state index contributed by atoms with van der Waals surface area (Å²) in [5, 5.41) is 14.6. The third-order valence-electron chi connectivity index (χ3n) is 6.11. The van der Waals surface area contributed by atoms with Gasteiger partial charge in [0.05, 0.1) is 16.1 Å². The van der Waals surface area contributed by atoms with Gasteiger partial charge >= 0.3 is 5.97 Å². The Morgan fingerprint density at radius 2 is 1.85 bits per heavy atom. The Labute approximate surface area is 200 Å². The van der Waals surface area contributed by atoms with Gasteiger partial charge < -0.3 is 20.7 Å². The molecule has 1 aliphatic heterocycles. The summed E-state index contributed by atoms with van der Waals surface area (Å²) in [5.41, 5.74) is 7.03. The molecule has 0 atom stereocenters. The number of amides is 2. The van der Waals surface area contributed by atoms with E-state index in [2.05, 4.69) is 5.32 Å². The number of nitrogens with zero attached hydrogens (tertiary/aromatic N) is 2. The van der Waals surface area contributed by atoms with Gasteiger partial charge in [0.25, 0.3) is 17.5 Å². The van der Waals surface area contributed by atoms with Crippen LogP contribution in [0.4, 0.5) is 16.4 Å². The van der Waals surface area contributed by atoms with Gasteiger partial charge in [-0.1, -0.05) is 0 Å². The molecule has 4 rings (SSSR count). The van der Waals surface area contributed by atoms with Gasteiger partial charge in [0.1, 0.15) is 10.7 Å². The molecule has 180 valence electrons. The number of hydrogen-bond donors (Lipinski definition) is 2. The van der Waals surface area contributed by atoms with Crippen LogP contribution in [0.15, 0.2) is 18.2 Å². The molecule has 2 amide bonds. The molecule has 0 bridgehead atoms. The van der Waals surface area contributed by atoms with Gasteiger partial charge in [0.15, 0.2) is 6.61 Å². The number of piperidine rings is 1. The lowest BCUT2D eigenvalue weighted by Gasteiger charge is -2.28. The summed E-state index contributed by atoms with van der Waals surface area (Å²) in [6.07, 6.45) is 6.54. The summed E-state index contributed by atoms with van der Waals surface area (Å²) in [4.78, 5) is 50.9. The van der Waals surface area contributed by atoms with Crippen LogP contribution < -0.4 is 16.0 Å². The normalized spacial score (nSPS) is 15.4. The highest BCUT2D eigenvalue weighted by Gasteiger charge is 2.26. The Hall–Kier alpha value is -3.47. The van der Waals surface area contributed by atoms with Crippen LogP contribution in [0.5, 0.6) is 0 Å². The van der Waals surface area contributed by atoms with E-state index in [0.717, 1.165) is 68.5 Å². The molecular formula is C23H26N4O6S. The van der Waals surface area contributed by atoms with Crippen molar-refractivity contribution in [3.8, 4) is 0 Å². The quantitative estimate of drug-likeness (QED) is 0.346. The van der Waals surface area contributed by atoms with Crippen molar-refractivity contribution in [2.75, 3.05) is 29.9 Å². The fraction of sp³-hybridized carbons (Fsp3) is 0.435. The molecule has 1 aromatic heterocycles. The smallest absolute Gasteiger partial charge is 0.338 e. The summed E-state index contributed by atoms with van der Waals surface area (Å²) in [6.45, 7) is 0.857. The molecule has 1 aliphatic carbocycles. The van der Waals surface area contributed by atoms with E-state index in [1.165, 1.54) is 23.5 Å². The first kappa shape index (κ1) is 23.7. The van der Waals surface area contributed by atoms with Crippen molar-refractivity contribution in [1.29, 1.82) is 0 Å². The topological polar surface area (TPSA) is 145 Å². The summed E-state index contributed by atoms with van der Waals surface area (Å²) >= 11 is 1.32. The number of aryl methyl sites for hydroxylation is 1. The lowest BCUT2D eigenvalue weighted by molar-refractivity contribution is -0.384. The number of primary amides is 1. The molecule has 1 aromatic carbocycles. The van der Waals surface area contributed by atoms with E-state index < -0.39 is 29.3 Å². The van der Waals surface area contributed by atoms with Crippen molar-refractivity contribution in [3.05, 3.63) is 49.9 Å². The number of carbonyl (C=O) groups excluding carboxylic acids is 3. The average molecular weight is 487 g/mol. The van der Waals surface area contributed by atoms with Crippen molar-refractivity contribution < 1.29 is 24.0 Å². The average Bonchev–Trinajstić information content (AvgIpc) is 3.20. The van der Waals surface area contributed by atoms with Crippen molar-refractivity contribution in [2.45, 2.75) is 44.9 Å². The number of fused-ring (bicyclic) bond motifs is 1. The van der Waals surface area contributed by atoms with Gasteiger partial charge in [-0.3, -0.25) is 19.7 Å². The first-order valence-electron chi connectivity index (χ1n) is 11.3. The Morgan fingerprint density at radius 1 is 1.12 bits per heavy atom. The van der Waals surface area contributed by atoms with Crippen LogP contribution in [0.1, 0.15) is 63.3 Å². The van der Waals surface area contributed by atoms with Gasteiger partial charge in [0.2, 0.25) is 0 Å². The summed E-state index contributed by atoms with van der Waals surface area (Å²) in [5.74, 6) is -2.06. The number of nitrogens with one attached hydrogen (secondary N) is 1. The number of benzene rings is 1. The second-order valence-corrected chi connectivity index (χ2v) is 9.52. The predicted octanol–water partition coefficient (Wildman–Crippen LogP) is 3.42. The van der Waals surface area contributed by atoms with Crippen LogP contribution in [0.3, 0.4) is 0 Å². The number of anilines is 2. The minimum Gasteiger partial charge on any atom is -0.452 e. The number of carbonyl (C=O) groups is 3. The number of esters is 1. The zero-order valence-corrected chi connectivity index (χ0v) is 19.4. The number of thiophene rings is 1. The minimum absolute atomic E-state index is 0.00956. The first-order chi connectivity index (χ1) is 16.3. The van der Waals surface area contributed by atoms with Crippen molar-refractivity contribution in [2.24, 2.45) is 5.73 Å². The fourth-order valence-corrected chi connectivity index (χ4v) is 5.80. The molecule has 34 heavy (non-hydrogen) atoms. The largest absolute Gasteiger partial charge is 0.452 e. The predicted molar refractivity (Wildman–Crippen MR) is 128 cm³/mol. The van der Waals surface area contributed by atoms with Crippen molar-refractivity contribution >= 4 is 45.5 Å². The van der Waals surface area contributed by atoms with Gasteiger partial charge in [0, 0.05) is 24.0 Å². The van der Waals surface area contributed by atoms with Crippen LogP contribution in [-0.2, 0) is 22.4 Å². The zero-order valence-electron chi connectivity index (χ0n) is 18.6. The summed E-state index contributed by atoms with van der Waals surface area (Å²) in [6, 6.07) is 4.20. The Bertz CT molecular complexity index is 1140. The van der Waals surface area contributed by atoms with E-state index in [9.17, 15) is 24.5 Å². The molecule has 2 heterocycles. The van der Waals surface area contributed by atoms with Gasteiger partial charge in [-0.05, 0) is 62.6 Å². The van der Waals surface area contributed by atoms with Crippen LogP contribution in [0.2, 0.25) is 0 Å². The number of nitrogens with two attached hydrogens (primary N) is 1. The molecule has 11 heteroatoms. The van der Waals surface area contributed by atoms with E-state index in [0.29, 0.717) is 16.3 Å². The van der Waals surface area contributed by atoms with Crippen LogP contribution in [-0.4, -0.2) is 42.4 Å². The molecule has 0 unspecified atom stereocenters. The maximum atomic E-state index is 12.5. The summed E-state index contributed by atoms with van der Waals surface area (Å²) < 4.78 is 5.09. The van der Waals surface area contributed by atoms with Crippen LogP contribution in [0, 0.1) is 10.1 Å². The maximum absolute atomic E-state index is 12.5. The summed E-state index contributed by atoms with van der Waals surface area (Å²) in [7, 11) is 0. The molecule has 1 saturated heterocycles. The Balaban J connectivity index is 1.42. The van der Waals surface area contributed by atoms with Crippen LogP contribution >= 0.6 is 11.3 Å². The molecule has 0 radical (unpaired) electrons. The Kier molecular flexibility index (Phi) is 7.11. The van der Waals surface area contributed by atoms with E-state index in [1.54, 1.807) is 6.07 Å².